The molecular weight excluding hydrogens is 404 g/mol. The number of benzene rings is 1. The second-order valence-electron chi connectivity index (χ2n) is 8.04. The van der Waals surface area contributed by atoms with Gasteiger partial charge in [-0.3, -0.25) is 9.78 Å². The Morgan fingerprint density at radius 3 is 2.47 bits per heavy atom. The van der Waals surface area contributed by atoms with Gasteiger partial charge in [-0.05, 0) is 18.6 Å². The van der Waals surface area contributed by atoms with Crippen molar-refractivity contribution in [3.8, 4) is 11.5 Å². The Morgan fingerprint density at radius 1 is 1.09 bits per heavy atom. The van der Waals surface area contributed by atoms with E-state index in [2.05, 4.69) is 38.1 Å². The number of amides is 1. The minimum absolute atomic E-state index is 0.0449. The van der Waals surface area contributed by atoms with E-state index in [1.165, 1.54) is 0 Å². The lowest BCUT2D eigenvalue weighted by Crippen LogP contribution is -2.47. The van der Waals surface area contributed by atoms with Crippen LogP contribution in [0.15, 0.2) is 53.5 Å². The fraction of sp³-hybridized carbons (Fsp3) is 0.375. The first-order chi connectivity index (χ1) is 15.6. The van der Waals surface area contributed by atoms with Gasteiger partial charge in [0.05, 0.1) is 34.9 Å². The van der Waals surface area contributed by atoms with Crippen molar-refractivity contribution in [3.63, 3.8) is 0 Å². The van der Waals surface area contributed by atoms with Gasteiger partial charge in [0.15, 0.2) is 0 Å². The Morgan fingerprint density at radius 2 is 1.81 bits per heavy atom. The number of hydrogen-bond acceptors (Lipinski definition) is 7. The van der Waals surface area contributed by atoms with E-state index in [0.29, 0.717) is 11.5 Å². The van der Waals surface area contributed by atoms with Crippen molar-refractivity contribution in [2.45, 2.75) is 13.3 Å². The molecule has 1 aliphatic rings. The van der Waals surface area contributed by atoms with E-state index in [1.54, 1.807) is 37.7 Å². The topological polar surface area (TPSA) is 77.7 Å². The molecule has 0 saturated carbocycles. The molecule has 0 aliphatic carbocycles. The van der Waals surface area contributed by atoms with E-state index in [0.717, 1.165) is 61.8 Å². The molecule has 4 rings (SSSR count). The van der Waals surface area contributed by atoms with Crippen LogP contribution in [-0.4, -0.2) is 67.6 Å². The van der Waals surface area contributed by atoms with Crippen LogP contribution in [0.4, 0.5) is 17.1 Å². The van der Waals surface area contributed by atoms with Gasteiger partial charge >= 0.3 is 0 Å². The van der Waals surface area contributed by atoms with E-state index in [1.807, 2.05) is 24.4 Å². The molecule has 2 aromatic heterocycles. The highest BCUT2D eigenvalue weighted by atomic mass is 16.3. The Kier molecular flexibility index (Phi) is 6.58. The third kappa shape index (κ3) is 4.39. The van der Waals surface area contributed by atoms with Gasteiger partial charge in [0, 0.05) is 58.7 Å². The van der Waals surface area contributed by atoms with Crippen LogP contribution in [-0.2, 0) is 0 Å². The molecule has 0 radical (unpaired) electrons. The van der Waals surface area contributed by atoms with Crippen molar-refractivity contribution in [2.75, 3.05) is 61.9 Å². The molecule has 168 valence electrons. The number of para-hydroxylation sites is 1. The monoisotopic (exact) mass is 434 g/mol. The van der Waals surface area contributed by atoms with E-state index >= 15 is 0 Å². The zero-order valence-corrected chi connectivity index (χ0v) is 18.9. The summed E-state index contributed by atoms with van der Waals surface area (Å²) in [7, 11) is 3.53. The quantitative estimate of drug-likeness (QED) is 0.609. The van der Waals surface area contributed by atoms with Gasteiger partial charge in [-0.25, -0.2) is 4.98 Å². The van der Waals surface area contributed by atoms with Crippen molar-refractivity contribution >= 4 is 23.0 Å². The van der Waals surface area contributed by atoms with Crippen LogP contribution in [0.3, 0.4) is 0 Å². The van der Waals surface area contributed by atoms with Crippen LogP contribution < -0.4 is 15.1 Å². The summed E-state index contributed by atoms with van der Waals surface area (Å²) in [6.07, 6.45) is 7.77. The van der Waals surface area contributed by atoms with Gasteiger partial charge < -0.3 is 24.4 Å². The number of nitrogens with one attached hydrogen (secondary N) is 1. The molecular formula is C24H30N6O2. The Balaban J connectivity index is 1.56. The summed E-state index contributed by atoms with van der Waals surface area (Å²) < 4.78 is 5.55. The molecule has 1 amide bonds. The molecule has 3 aromatic rings. The molecule has 1 N–H and O–H groups in total. The third-order valence-corrected chi connectivity index (χ3v) is 5.64. The molecule has 32 heavy (non-hydrogen) atoms. The van der Waals surface area contributed by atoms with Gasteiger partial charge in [0.1, 0.15) is 6.26 Å². The normalized spacial score (nSPS) is 13.8. The van der Waals surface area contributed by atoms with Crippen LogP contribution in [0, 0.1) is 0 Å². The highest BCUT2D eigenvalue weighted by Crippen LogP contribution is 2.33. The highest BCUT2D eigenvalue weighted by molar-refractivity contribution is 6.02. The Labute approximate surface area is 188 Å². The zero-order valence-electron chi connectivity index (χ0n) is 18.9. The summed E-state index contributed by atoms with van der Waals surface area (Å²) >= 11 is 0. The summed E-state index contributed by atoms with van der Waals surface area (Å²) in [4.78, 5) is 27.7. The predicted octanol–water partition coefficient (Wildman–Crippen LogP) is 3.59. The zero-order chi connectivity index (χ0) is 22.5. The Hall–Kier alpha value is -3.55. The van der Waals surface area contributed by atoms with E-state index in [9.17, 15) is 4.79 Å². The number of hydrogen-bond donors (Lipinski definition) is 1. The van der Waals surface area contributed by atoms with Gasteiger partial charge in [-0.1, -0.05) is 19.1 Å². The summed E-state index contributed by atoms with van der Waals surface area (Å²) in [6, 6.07) is 8.20. The standard InChI is InChI=1S/C24H30N6O2/c1-4-9-26-22-19(24(31)28(2)3)16-25-17-21(22)30-13-11-29(12-14-30)20-8-6-5-7-18(20)23-27-10-15-32-23/h5-8,10,15-17H,4,9,11-14H2,1-3H3,(H,25,26). The van der Waals surface area contributed by atoms with Crippen LogP contribution in [0.5, 0.6) is 0 Å². The minimum atomic E-state index is -0.0449. The second-order valence-corrected chi connectivity index (χ2v) is 8.04. The number of carbonyl (C=O) groups excluding carboxylic acids is 1. The lowest BCUT2D eigenvalue weighted by molar-refractivity contribution is 0.0828. The molecule has 1 saturated heterocycles. The molecule has 0 bridgehead atoms. The average molecular weight is 435 g/mol. The maximum atomic E-state index is 12.8. The van der Waals surface area contributed by atoms with Gasteiger partial charge in [-0.15, -0.1) is 0 Å². The molecule has 1 aromatic carbocycles. The van der Waals surface area contributed by atoms with Gasteiger partial charge in [0.25, 0.3) is 5.91 Å². The van der Waals surface area contributed by atoms with E-state index in [-0.39, 0.29) is 5.91 Å². The summed E-state index contributed by atoms with van der Waals surface area (Å²) in [5.41, 5.74) is 4.57. The number of anilines is 3. The molecule has 8 heteroatoms. The van der Waals surface area contributed by atoms with Crippen molar-refractivity contribution in [2.24, 2.45) is 0 Å². The van der Waals surface area contributed by atoms with E-state index < -0.39 is 0 Å². The summed E-state index contributed by atoms with van der Waals surface area (Å²) in [6.45, 7) is 6.25. The SMILES string of the molecule is CCCNc1c(C(=O)N(C)C)cncc1N1CCN(c2ccccc2-c2ncco2)CC1. The molecule has 0 atom stereocenters. The maximum absolute atomic E-state index is 12.8. The fourth-order valence-corrected chi connectivity index (χ4v) is 4.00. The van der Waals surface area contributed by atoms with Gasteiger partial charge in [0.2, 0.25) is 5.89 Å². The number of carbonyl (C=O) groups is 1. The first-order valence-corrected chi connectivity index (χ1v) is 11.0. The van der Waals surface area contributed by atoms with Crippen molar-refractivity contribution in [1.29, 1.82) is 0 Å². The highest BCUT2D eigenvalue weighted by Gasteiger charge is 2.25. The molecule has 1 fully saturated rings. The summed E-state index contributed by atoms with van der Waals surface area (Å²) in [5, 5.41) is 3.47. The Bertz CT molecular complexity index is 1040. The molecule has 8 nitrogen and oxygen atoms in total. The number of nitrogens with zero attached hydrogens (tertiary/aromatic N) is 5. The smallest absolute Gasteiger partial charge is 0.257 e. The van der Waals surface area contributed by atoms with Crippen molar-refractivity contribution in [3.05, 3.63) is 54.7 Å². The first kappa shape index (κ1) is 21.7. The van der Waals surface area contributed by atoms with E-state index in [4.69, 9.17) is 4.42 Å². The molecule has 1 aliphatic heterocycles. The maximum Gasteiger partial charge on any atom is 0.257 e. The first-order valence-electron chi connectivity index (χ1n) is 11.0. The predicted molar refractivity (Wildman–Crippen MR) is 127 cm³/mol. The minimum Gasteiger partial charge on any atom is -0.444 e. The second kappa shape index (κ2) is 9.72. The molecule has 0 spiro atoms. The largest absolute Gasteiger partial charge is 0.444 e. The number of oxazole rings is 1. The number of aromatic nitrogens is 2. The lowest BCUT2D eigenvalue weighted by atomic mass is 10.1. The number of piperazine rings is 1. The van der Waals surface area contributed by atoms with Crippen LogP contribution in [0.2, 0.25) is 0 Å². The third-order valence-electron chi connectivity index (χ3n) is 5.64. The van der Waals surface area contributed by atoms with Crippen molar-refractivity contribution < 1.29 is 9.21 Å². The number of rotatable bonds is 7. The van der Waals surface area contributed by atoms with Crippen LogP contribution >= 0.6 is 0 Å². The van der Waals surface area contributed by atoms with Crippen LogP contribution in [0.25, 0.3) is 11.5 Å². The molecule has 3 heterocycles. The number of pyridine rings is 1. The fourth-order valence-electron chi connectivity index (χ4n) is 4.00. The van der Waals surface area contributed by atoms with Crippen LogP contribution in [0.1, 0.15) is 23.7 Å². The average Bonchev–Trinajstić information content (AvgIpc) is 3.37. The van der Waals surface area contributed by atoms with Crippen molar-refractivity contribution in [1.82, 2.24) is 14.9 Å². The summed E-state index contributed by atoms with van der Waals surface area (Å²) in [5.74, 6) is 0.588. The van der Waals surface area contributed by atoms with Gasteiger partial charge in [-0.2, -0.15) is 0 Å². The molecule has 0 unspecified atom stereocenters. The lowest BCUT2D eigenvalue weighted by Gasteiger charge is -2.38.